The molecule has 2 N–H and O–H groups in total. The van der Waals surface area contributed by atoms with Crippen LogP contribution in [0.15, 0.2) is 53.1 Å². The Morgan fingerprint density at radius 2 is 1.96 bits per heavy atom. The number of aromatic nitrogens is 1. The Morgan fingerprint density at radius 1 is 1.22 bits per heavy atom. The molecule has 0 spiro atoms. The lowest BCUT2D eigenvalue weighted by Gasteiger charge is -2.12. The maximum Gasteiger partial charge on any atom is 0.226 e. The maximum atomic E-state index is 12.8. The van der Waals surface area contributed by atoms with Crippen molar-refractivity contribution in [3.05, 3.63) is 65.6 Å². The van der Waals surface area contributed by atoms with E-state index in [9.17, 15) is 14.3 Å². The van der Waals surface area contributed by atoms with Gasteiger partial charge in [0.15, 0.2) is 5.58 Å². The number of nitrogens with one attached hydrogen (secondary N) is 1. The molecule has 0 radical (unpaired) electrons. The molecule has 118 valence electrons. The van der Waals surface area contributed by atoms with Crippen LogP contribution in [0.5, 0.6) is 0 Å². The third-order valence-electron chi connectivity index (χ3n) is 3.53. The number of rotatable bonds is 5. The van der Waals surface area contributed by atoms with E-state index in [4.69, 9.17) is 4.52 Å². The van der Waals surface area contributed by atoms with Crippen molar-refractivity contribution in [3.63, 3.8) is 0 Å². The van der Waals surface area contributed by atoms with Gasteiger partial charge in [-0.15, -0.1) is 0 Å². The number of aliphatic hydroxyl groups is 1. The number of hydrogen-bond donors (Lipinski definition) is 2. The van der Waals surface area contributed by atoms with Crippen molar-refractivity contribution in [2.75, 3.05) is 6.54 Å². The summed E-state index contributed by atoms with van der Waals surface area (Å²) in [5.41, 5.74) is 1.72. The van der Waals surface area contributed by atoms with Gasteiger partial charge in [0.1, 0.15) is 11.5 Å². The first-order valence-electron chi connectivity index (χ1n) is 7.17. The lowest BCUT2D eigenvalue weighted by molar-refractivity contribution is -0.121. The number of aliphatic hydroxyl groups excluding tert-OH is 1. The smallest absolute Gasteiger partial charge is 0.226 e. The third kappa shape index (κ3) is 3.54. The number of para-hydroxylation sites is 1. The molecule has 0 saturated carbocycles. The topological polar surface area (TPSA) is 75.4 Å². The Morgan fingerprint density at radius 3 is 2.74 bits per heavy atom. The molecule has 0 aliphatic carbocycles. The molecule has 1 unspecified atom stereocenters. The first kappa shape index (κ1) is 15.2. The largest absolute Gasteiger partial charge is 0.387 e. The fraction of sp³-hybridized carbons (Fsp3) is 0.176. The van der Waals surface area contributed by atoms with Crippen LogP contribution in [0, 0.1) is 5.82 Å². The van der Waals surface area contributed by atoms with Crippen LogP contribution < -0.4 is 5.32 Å². The molecule has 0 fully saturated rings. The minimum atomic E-state index is -0.895. The molecule has 2 aromatic carbocycles. The molecule has 0 aliphatic heterocycles. The second-order valence-corrected chi connectivity index (χ2v) is 5.17. The minimum Gasteiger partial charge on any atom is -0.387 e. The van der Waals surface area contributed by atoms with Gasteiger partial charge in [-0.2, -0.15) is 0 Å². The lowest BCUT2D eigenvalue weighted by atomic mass is 10.1. The van der Waals surface area contributed by atoms with E-state index in [0.717, 1.165) is 5.39 Å². The second-order valence-electron chi connectivity index (χ2n) is 5.17. The van der Waals surface area contributed by atoms with Crippen molar-refractivity contribution in [3.8, 4) is 0 Å². The molecule has 1 aromatic heterocycles. The van der Waals surface area contributed by atoms with E-state index in [0.29, 0.717) is 16.8 Å². The van der Waals surface area contributed by atoms with Crippen molar-refractivity contribution < 1.29 is 18.8 Å². The molecule has 0 aliphatic rings. The van der Waals surface area contributed by atoms with Gasteiger partial charge in [-0.25, -0.2) is 4.39 Å². The van der Waals surface area contributed by atoms with Gasteiger partial charge in [0.05, 0.1) is 12.5 Å². The highest BCUT2D eigenvalue weighted by atomic mass is 19.1. The Hall–Kier alpha value is -2.73. The summed E-state index contributed by atoms with van der Waals surface area (Å²) < 4.78 is 18.0. The number of amides is 1. The van der Waals surface area contributed by atoms with Crippen LogP contribution >= 0.6 is 0 Å². The molecule has 3 aromatic rings. The first-order chi connectivity index (χ1) is 11.1. The van der Waals surface area contributed by atoms with E-state index in [2.05, 4.69) is 10.5 Å². The van der Waals surface area contributed by atoms with Gasteiger partial charge in [0.2, 0.25) is 5.91 Å². The Bertz CT molecular complexity index is 814. The van der Waals surface area contributed by atoms with Crippen molar-refractivity contribution in [1.29, 1.82) is 0 Å². The van der Waals surface area contributed by atoms with Crippen LogP contribution in [0.4, 0.5) is 4.39 Å². The fourth-order valence-corrected chi connectivity index (χ4v) is 2.29. The van der Waals surface area contributed by atoms with E-state index in [-0.39, 0.29) is 24.7 Å². The number of nitrogens with zero attached hydrogens (tertiary/aromatic N) is 1. The summed E-state index contributed by atoms with van der Waals surface area (Å²) in [4.78, 5) is 12.0. The molecule has 6 heteroatoms. The average molecular weight is 314 g/mol. The molecular formula is C17H15FN2O3. The molecule has 0 saturated heterocycles. The van der Waals surface area contributed by atoms with Gasteiger partial charge in [0, 0.05) is 11.9 Å². The summed E-state index contributed by atoms with van der Waals surface area (Å²) >= 11 is 0. The molecule has 1 atom stereocenters. The predicted molar refractivity (Wildman–Crippen MR) is 82.1 cm³/mol. The van der Waals surface area contributed by atoms with Gasteiger partial charge in [-0.3, -0.25) is 4.79 Å². The molecule has 0 bridgehead atoms. The van der Waals surface area contributed by atoms with Crippen LogP contribution in [-0.4, -0.2) is 22.7 Å². The third-order valence-corrected chi connectivity index (χ3v) is 3.53. The molecular weight excluding hydrogens is 299 g/mol. The van der Waals surface area contributed by atoms with E-state index >= 15 is 0 Å². The molecule has 3 rings (SSSR count). The zero-order chi connectivity index (χ0) is 16.2. The number of hydrogen-bond acceptors (Lipinski definition) is 4. The highest BCUT2D eigenvalue weighted by molar-refractivity contribution is 5.86. The summed E-state index contributed by atoms with van der Waals surface area (Å²) in [5.74, 6) is -0.645. The number of carbonyl (C=O) groups excluding carboxylic acids is 1. The summed E-state index contributed by atoms with van der Waals surface area (Å²) in [6.45, 7) is 0.0419. The Labute approximate surface area is 131 Å². The van der Waals surface area contributed by atoms with Gasteiger partial charge in [-0.05, 0) is 29.8 Å². The van der Waals surface area contributed by atoms with Crippen LogP contribution in [-0.2, 0) is 11.2 Å². The van der Waals surface area contributed by atoms with Gasteiger partial charge < -0.3 is 14.9 Å². The van der Waals surface area contributed by atoms with Crippen molar-refractivity contribution in [2.24, 2.45) is 0 Å². The monoisotopic (exact) mass is 314 g/mol. The number of fused-ring (bicyclic) bond motifs is 1. The van der Waals surface area contributed by atoms with E-state index < -0.39 is 6.10 Å². The highest BCUT2D eigenvalue weighted by Crippen LogP contribution is 2.18. The quantitative estimate of drug-likeness (QED) is 0.758. The SMILES string of the molecule is O=C(Cc1noc2ccccc12)NCC(O)c1ccc(F)cc1. The van der Waals surface area contributed by atoms with Crippen molar-refractivity contribution in [1.82, 2.24) is 10.5 Å². The van der Waals surface area contributed by atoms with Crippen LogP contribution in [0.3, 0.4) is 0 Å². The highest BCUT2D eigenvalue weighted by Gasteiger charge is 2.14. The summed E-state index contributed by atoms with van der Waals surface area (Å²) in [6.07, 6.45) is -0.832. The standard InChI is InChI=1S/C17H15FN2O3/c18-12-7-5-11(6-8-12)15(21)10-19-17(22)9-14-13-3-1-2-4-16(13)23-20-14/h1-8,15,21H,9-10H2,(H,19,22). The number of benzene rings is 2. The molecule has 1 heterocycles. The average Bonchev–Trinajstić information content (AvgIpc) is 2.96. The molecule has 5 nitrogen and oxygen atoms in total. The van der Waals surface area contributed by atoms with Gasteiger partial charge in [-0.1, -0.05) is 29.4 Å². The van der Waals surface area contributed by atoms with Crippen molar-refractivity contribution in [2.45, 2.75) is 12.5 Å². The number of halogens is 1. The van der Waals surface area contributed by atoms with Gasteiger partial charge >= 0.3 is 0 Å². The zero-order valence-corrected chi connectivity index (χ0v) is 12.2. The van der Waals surface area contributed by atoms with Gasteiger partial charge in [0.25, 0.3) is 0 Å². The van der Waals surface area contributed by atoms with Crippen LogP contribution in [0.25, 0.3) is 11.0 Å². The fourth-order valence-electron chi connectivity index (χ4n) is 2.29. The normalized spacial score (nSPS) is 12.3. The predicted octanol–water partition coefficient (Wildman–Crippen LogP) is 2.36. The van der Waals surface area contributed by atoms with E-state index in [1.807, 2.05) is 18.2 Å². The lowest BCUT2D eigenvalue weighted by Crippen LogP contribution is -2.29. The van der Waals surface area contributed by atoms with Crippen LogP contribution in [0.2, 0.25) is 0 Å². The summed E-state index contributed by atoms with van der Waals surface area (Å²) in [6, 6.07) is 12.8. The second kappa shape index (κ2) is 6.58. The zero-order valence-electron chi connectivity index (χ0n) is 12.2. The maximum absolute atomic E-state index is 12.8. The molecule has 23 heavy (non-hydrogen) atoms. The molecule has 1 amide bonds. The van der Waals surface area contributed by atoms with Crippen LogP contribution in [0.1, 0.15) is 17.4 Å². The first-order valence-corrected chi connectivity index (χ1v) is 7.17. The van der Waals surface area contributed by atoms with Crippen molar-refractivity contribution >= 4 is 16.9 Å². The number of carbonyl (C=O) groups is 1. The Balaban J connectivity index is 1.58. The minimum absolute atomic E-state index is 0.0419. The summed E-state index contributed by atoms with van der Waals surface area (Å²) in [7, 11) is 0. The Kier molecular flexibility index (Phi) is 4.34. The summed E-state index contributed by atoms with van der Waals surface area (Å²) in [5, 5.41) is 17.3. The van der Waals surface area contributed by atoms with E-state index in [1.165, 1.54) is 24.3 Å². The van der Waals surface area contributed by atoms with E-state index in [1.54, 1.807) is 6.07 Å².